The first-order chi connectivity index (χ1) is 12.0. The average molecular weight is 373 g/mol. The summed E-state index contributed by atoms with van der Waals surface area (Å²) in [5.74, 6) is 0.488. The second kappa shape index (κ2) is 7.63. The molecule has 4 heteroatoms. The van der Waals surface area contributed by atoms with Crippen molar-refractivity contribution in [1.29, 1.82) is 0 Å². The van der Waals surface area contributed by atoms with Crippen molar-refractivity contribution in [3.8, 4) is 16.8 Å². The molecule has 1 aromatic heterocycles. The van der Waals surface area contributed by atoms with Crippen LogP contribution in [0.5, 0.6) is 0 Å². The first-order valence-electron chi connectivity index (χ1n) is 8.65. The summed E-state index contributed by atoms with van der Waals surface area (Å²) in [6.07, 6.45) is 4.21. The Kier molecular flexibility index (Phi) is 5.51. The molecule has 0 aliphatic carbocycles. The van der Waals surface area contributed by atoms with E-state index in [9.17, 15) is 0 Å². The monoisotopic (exact) mass is 372 g/mol. The van der Waals surface area contributed by atoms with Crippen molar-refractivity contribution in [3.63, 3.8) is 0 Å². The van der Waals surface area contributed by atoms with Crippen LogP contribution in [0.3, 0.4) is 0 Å². The molecule has 0 N–H and O–H groups in total. The Bertz CT molecular complexity index is 879. The molecule has 3 aromatic rings. The van der Waals surface area contributed by atoms with Gasteiger partial charge in [-0.2, -0.15) is 5.10 Å². The van der Waals surface area contributed by atoms with Gasteiger partial charge in [-0.15, -0.1) is 0 Å². The summed E-state index contributed by atoms with van der Waals surface area (Å²) < 4.78 is 1.97. The van der Waals surface area contributed by atoms with Gasteiger partial charge in [0.05, 0.1) is 21.4 Å². The van der Waals surface area contributed by atoms with E-state index in [2.05, 4.69) is 37.1 Å². The number of benzene rings is 2. The number of hydrogen-bond acceptors (Lipinski definition) is 1. The van der Waals surface area contributed by atoms with Crippen molar-refractivity contribution in [2.45, 2.75) is 39.5 Å². The Hall–Kier alpha value is -1.77. The van der Waals surface area contributed by atoms with Crippen LogP contribution in [-0.2, 0) is 0 Å². The highest BCUT2D eigenvalue weighted by molar-refractivity contribution is 6.42. The van der Waals surface area contributed by atoms with Gasteiger partial charge in [0, 0.05) is 6.20 Å². The van der Waals surface area contributed by atoms with E-state index in [-0.39, 0.29) is 0 Å². The molecule has 0 spiro atoms. The van der Waals surface area contributed by atoms with Gasteiger partial charge in [0.1, 0.15) is 0 Å². The minimum Gasteiger partial charge on any atom is -0.240 e. The number of aromatic nitrogens is 2. The second-order valence-electron chi connectivity index (χ2n) is 6.32. The van der Waals surface area contributed by atoms with E-state index in [0.717, 1.165) is 35.3 Å². The average Bonchev–Trinajstić information content (AvgIpc) is 3.04. The zero-order chi connectivity index (χ0) is 18.0. The number of nitrogens with zero attached hydrogens (tertiary/aromatic N) is 2. The number of aryl methyl sites for hydroxylation is 1. The summed E-state index contributed by atoms with van der Waals surface area (Å²) in [5, 5.41) is 5.76. The lowest BCUT2D eigenvalue weighted by Gasteiger charge is -2.19. The van der Waals surface area contributed by atoms with Crippen molar-refractivity contribution in [3.05, 3.63) is 70.0 Å². The van der Waals surface area contributed by atoms with Crippen LogP contribution >= 0.6 is 23.2 Å². The van der Waals surface area contributed by atoms with Crippen molar-refractivity contribution >= 4 is 23.2 Å². The van der Waals surface area contributed by atoms with Crippen molar-refractivity contribution in [1.82, 2.24) is 9.78 Å². The van der Waals surface area contributed by atoms with E-state index in [1.54, 1.807) is 0 Å². The largest absolute Gasteiger partial charge is 0.240 e. The van der Waals surface area contributed by atoms with Crippen molar-refractivity contribution < 1.29 is 0 Å². The van der Waals surface area contributed by atoms with Crippen LogP contribution in [0.25, 0.3) is 16.8 Å². The maximum Gasteiger partial charge on any atom is 0.0680 e. The molecule has 0 atom stereocenters. The zero-order valence-electron chi connectivity index (χ0n) is 14.8. The molecule has 0 fully saturated rings. The SMILES string of the molecule is CCC(CC)c1cc(-c2ccc(Cl)c(Cl)c2)ccc1-n1ccc(C)n1. The lowest BCUT2D eigenvalue weighted by Crippen LogP contribution is -2.05. The normalized spacial score (nSPS) is 11.3. The summed E-state index contributed by atoms with van der Waals surface area (Å²) in [6.45, 7) is 6.48. The van der Waals surface area contributed by atoms with Crippen LogP contribution in [0, 0.1) is 6.92 Å². The Balaban J connectivity index is 2.13. The van der Waals surface area contributed by atoms with Gasteiger partial charge in [-0.3, -0.25) is 0 Å². The molecule has 0 radical (unpaired) electrons. The summed E-state index contributed by atoms with van der Waals surface area (Å²) in [7, 11) is 0. The highest BCUT2D eigenvalue weighted by atomic mass is 35.5. The number of hydrogen-bond donors (Lipinski definition) is 0. The highest BCUT2D eigenvalue weighted by Crippen LogP contribution is 2.34. The maximum atomic E-state index is 6.20. The predicted molar refractivity (Wildman–Crippen MR) is 107 cm³/mol. The molecule has 2 nitrogen and oxygen atoms in total. The molecule has 0 aliphatic rings. The number of rotatable bonds is 5. The third kappa shape index (κ3) is 3.75. The van der Waals surface area contributed by atoms with Gasteiger partial charge in [0.15, 0.2) is 0 Å². The fourth-order valence-corrected chi connectivity index (χ4v) is 3.52. The summed E-state index contributed by atoms with van der Waals surface area (Å²) >= 11 is 12.3. The second-order valence-corrected chi connectivity index (χ2v) is 7.13. The van der Waals surface area contributed by atoms with E-state index >= 15 is 0 Å². The van der Waals surface area contributed by atoms with Crippen LogP contribution in [-0.4, -0.2) is 9.78 Å². The molecule has 0 amide bonds. The van der Waals surface area contributed by atoms with Gasteiger partial charge in [-0.05, 0) is 72.7 Å². The van der Waals surface area contributed by atoms with Crippen LogP contribution in [0.4, 0.5) is 0 Å². The fraction of sp³-hybridized carbons (Fsp3) is 0.286. The quantitative estimate of drug-likeness (QED) is 0.468. The molecule has 130 valence electrons. The van der Waals surface area contributed by atoms with Gasteiger partial charge in [0.2, 0.25) is 0 Å². The smallest absolute Gasteiger partial charge is 0.0680 e. The molecular weight excluding hydrogens is 351 g/mol. The minimum atomic E-state index is 0.488. The van der Waals surface area contributed by atoms with Gasteiger partial charge < -0.3 is 0 Å². The molecule has 0 saturated heterocycles. The Labute approximate surface area is 159 Å². The molecule has 0 bridgehead atoms. The minimum absolute atomic E-state index is 0.488. The van der Waals surface area contributed by atoms with E-state index in [4.69, 9.17) is 23.2 Å². The molecule has 0 saturated carbocycles. The summed E-state index contributed by atoms with van der Waals surface area (Å²) in [6, 6.07) is 14.4. The van der Waals surface area contributed by atoms with E-state index in [1.165, 1.54) is 5.56 Å². The van der Waals surface area contributed by atoms with Crippen molar-refractivity contribution in [2.75, 3.05) is 0 Å². The predicted octanol–water partition coefficient (Wildman–Crippen LogP) is 7.06. The first-order valence-corrected chi connectivity index (χ1v) is 9.41. The molecule has 2 aromatic carbocycles. The van der Waals surface area contributed by atoms with E-state index in [1.807, 2.05) is 42.1 Å². The van der Waals surface area contributed by atoms with Gasteiger partial charge in [-0.1, -0.05) is 49.2 Å². The van der Waals surface area contributed by atoms with Crippen molar-refractivity contribution in [2.24, 2.45) is 0 Å². The van der Waals surface area contributed by atoms with E-state index in [0.29, 0.717) is 16.0 Å². The van der Waals surface area contributed by atoms with Crippen LogP contribution in [0.1, 0.15) is 43.9 Å². The standard InChI is InChI=1S/C21H22Cl2N2/c1-4-15(5-2)18-12-16(17-6-8-19(22)20(23)13-17)7-9-21(18)25-11-10-14(3)24-25/h6-13,15H,4-5H2,1-3H3. The highest BCUT2D eigenvalue weighted by Gasteiger charge is 2.16. The molecular formula is C21H22Cl2N2. The fourth-order valence-electron chi connectivity index (χ4n) is 3.22. The van der Waals surface area contributed by atoms with Crippen LogP contribution in [0.2, 0.25) is 10.0 Å². The lowest BCUT2D eigenvalue weighted by atomic mass is 9.90. The summed E-state index contributed by atoms with van der Waals surface area (Å²) in [5.41, 5.74) is 5.70. The van der Waals surface area contributed by atoms with Gasteiger partial charge in [-0.25, -0.2) is 4.68 Å². The van der Waals surface area contributed by atoms with Crippen LogP contribution in [0.15, 0.2) is 48.7 Å². The lowest BCUT2D eigenvalue weighted by molar-refractivity contribution is 0.634. The van der Waals surface area contributed by atoms with Gasteiger partial charge >= 0.3 is 0 Å². The molecule has 25 heavy (non-hydrogen) atoms. The third-order valence-corrected chi connectivity index (χ3v) is 5.41. The van der Waals surface area contributed by atoms with Crippen LogP contribution < -0.4 is 0 Å². The Morgan fingerprint density at radius 3 is 2.20 bits per heavy atom. The molecule has 0 aliphatic heterocycles. The molecule has 3 rings (SSSR count). The van der Waals surface area contributed by atoms with E-state index < -0.39 is 0 Å². The maximum absolute atomic E-state index is 6.20. The third-order valence-electron chi connectivity index (χ3n) is 4.68. The molecule has 1 heterocycles. The topological polar surface area (TPSA) is 17.8 Å². The Morgan fingerprint density at radius 2 is 1.60 bits per heavy atom. The first kappa shape index (κ1) is 18.0. The zero-order valence-corrected chi connectivity index (χ0v) is 16.3. The summed E-state index contributed by atoms with van der Waals surface area (Å²) in [4.78, 5) is 0. The number of halogens is 2. The Morgan fingerprint density at radius 1 is 0.920 bits per heavy atom. The van der Waals surface area contributed by atoms with Gasteiger partial charge in [0.25, 0.3) is 0 Å². The molecule has 0 unspecified atom stereocenters.